The first-order valence-corrected chi connectivity index (χ1v) is 28.2. The molecule has 1 fully saturated rings. The molecule has 0 saturated carbocycles. The highest BCUT2D eigenvalue weighted by Gasteiger charge is 2.39. The van der Waals surface area contributed by atoms with E-state index in [0.717, 1.165) is 59.0 Å². The number of esters is 1. The molecule has 0 bridgehead atoms. The summed E-state index contributed by atoms with van der Waals surface area (Å²) in [6.07, 6.45) is 6.34. The molecule has 10 atom stereocenters. The molecule has 1 aromatic heterocycles. The summed E-state index contributed by atoms with van der Waals surface area (Å²) in [7, 11) is 0. The van der Waals surface area contributed by atoms with Gasteiger partial charge in [-0.15, -0.1) is 0 Å². The number of amides is 10. The van der Waals surface area contributed by atoms with Gasteiger partial charge in [-0.2, -0.15) is 0 Å². The van der Waals surface area contributed by atoms with Crippen LogP contribution < -0.4 is 53.6 Å². The smallest absolute Gasteiger partial charge is 0.329 e. The lowest BCUT2D eigenvalue weighted by Crippen LogP contribution is -2.62. The number of imidazole rings is 1. The van der Waals surface area contributed by atoms with Gasteiger partial charge in [0, 0.05) is 25.5 Å². The molecule has 1 saturated heterocycles. The first kappa shape index (κ1) is 70.0. The summed E-state index contributed by atoms with van der Waals surface area (Å²) in [5.74, 6) is -12.2. The minimum Gasteiger partial charge on any atom is -0.508 e. The van der Waals surface area contributed by atoms with Crippen LogP contribution in [0.25, 0.3) is 0 Å². The third-order valence-corrected chi connectivity index (χ3v) is 13.4. The van der Waals surface area contributed by atoms with E-state index in [-0.39, 0.29) is 17.9 Å². The summed E-state index contributed by atoms with van der Waals surface area (Å²) in [4.78, 5) is 158. The fourth-order valence-electron chi connectivity index (χ4n) is 8.66. The van der Waals surface area contributed by atoms with E-state index in [4.69, 9.17) is 10.5 Å². The minimum atomic E-state index is -2.02. The Morgan fingerprint density at radius 2 is 1.37 bits per heavy atom. The number of aromatic amines is 1. The molecule has 1 unspecified atom stereocenters. The number of H-pyrrole nitrogens is 1. The van der Waals surface area contributed by atoms with Gasteiger partial charge in [-0.3, -0.25) is 47.9 Å². The molecule has 1 aliphatic heterocycles. The summed E-state index contributed by atoms with van der Waals surface area (Å²) >= 11 is 0. The highest BCUT2D eigenvalue weighted by molar-refractivity contribution is 6.03. The third kappa shape index (κ3) is 24.7. The maximum absolute atomic E-state index is 14.6. The number of cyclic esters (lactones) is 1. The van der Waals surface area contributed by atoms with Gasteiger partial charge >= 0.3 is 5.97 Å². The number of hydrogen-bond donors (Lipinski definition) is 15. The number of carbonyl (C=O) groups excluding carboxylic acids is 11. The lowest BCUT2D eigenvalue weighted by atomic mass is 10.0. The number of hydrogen-bond acceptors (Lipinski definition) is 17. The van der Waals surface area contributed by atoms with Gasteiger partial charge in [0.15, 0.2) is 0 Å². The van der Waals surface area contributed by atoms with E-state index < -0.39 is 169 Å². The number of aromatic hydroxyl groups is 1. The average Bonchev–Trinajstić information content (AvgIpc) is 4.03. The summed E-state index contributed by atoms with van der Waals surface area (Å²) < 4.78 is 5.75. The van der Waals surface area contributed by atoms with Crippen molar-refractivity contribution in [2.24, 2.45) is 5.73 Å². The van der Waals surface area contributed by atoms with Crippen LogP contribution in [0.5, 0.6) is 5.75 Å². The van der Waals surface area contributed by atoms with Crippen LogP contribution in [0.15, 0.2) is 60.3 Å². The average molecular weight is 1180 g/mol. The van der Waals surface area contributed by atoms with Gasteiger partial charge in [0.2, 0.25) is 47.3 Å². The summed E-state index contributed by atoms with van der Waals surface area (Å²) in [6, 6.07) is -5.41. The second kappa shape index (κ2) is 36.4. The molecule has 0 aliphatic carbocycles. The second-order valence-corrected chi connectivity index (χ2v) is 20.5. The summed E-state index contributed by atoms with van der Waals surface area (Å²) in [5, 5.41) is 63.7. The Kier molecular flexibility index (Phi) is 30.3. The predicted octanol–water partition coefficient (Wildman–Crippen LogP) is -1.39. The topological polar surface area (TPSA) is 441 Å². The number of aliphatic hydroxyl groups is 3. The Morgan fingerprint density at radius 3 is 1.94 bits per heavy atom. The van der Waals surface area contributed by atoms with Crippen LogP contribution in [0.1, 0.15) is 136 Å². The zero-order valence-corrected chi connectivity index (χ0v) is 48.4. The number of primary amides is 1. The molecule has 464 valence electrons. The number of phenols is 1. The van der Waals surface area contributed by atoms with Gasteiger partial charge < -0.3 is 83.7 Å². The first-order valence-electron chi connectivity index (χ1n) is 28.2. The van der Waals surface area contributed by atoms with Crippen LogP contribution in [0.3, 0.4) is 0 Å². The maximum atomic E-state index is 14.6. The number of phenolic OH excluding ortho intramolecular Hbond substituents is 1. The number of aliphatic hydroxyl groups excluding tert-OH is 3. The molecular formula is C56H84N12O16. The summed E-state index contributed by atoms with van der Waals surface area (Å²) in [6.45, 7) is 7.36. The van der Waals surface area contributed by atoms with Crippen molar-refractivity contribution >= 4 is 65.0 Å². The lowest BCUT2D eigenvalue weighted by Gasteiger charge is -2.30. The Morgan fingerprint density at radius 1 is 0.762 bits per heavy atom. The monoisotopic (exact) mass is 1180 g/mol. The standard InChI is InChI=1S/C56H84N12O16/c1-7-10-11-12-13-14-15-16-17-18-37(72)27-44(74)61-38(8-2)51(78)68-48-33(6)84-56(83)42(26-35-28-58-30-60-35)65-53(80)46(31(4)69)66-45(75)29-59-49(76)40(23-24-43(57)73)63-50(77)39(9-3)62-52(79)41(25-34-19-21-36(71)22-20-34)64-54(81)47(32(5)70)67-55(48)82/h8-9,19-22,28,30-33,37,40-42,46-48,69-72H,7,10-18,23-27,29H2,1-6H3,(H2,57,73)(H,58,60)(H,59,76)(H,61,74)(H,62,79)(H,63,77)(H,64,81)(H,65,80)(H,66,75)(H,67,82)(H,68,78)/b38-8+,39-9-/t31-,32+,33-,37-,40-,41?,42+,46+,47-,48+/m1/s1. The molecular weight excluding hydrogens is 1100 g/mol. The van der Waals surface area contributed by atoms with Crippen molar-refractivity contribution in [2.45, 2.75) is 199 Å². The minimum absolute atomic E-state index is 0.150. The van der Waals surface area contributed by atoms with Gasteiger partial charge in [0.05, 0.1) is 43.3 Å². The number of allylic oxidation sites excluding steroid dienone is 2. The van der Waals surface area contributed by atoms with E-state index in [2.05, 4.69) is 64.7 Å². The fourth-order valence-corrected chi connectivity index (χ4v) is 8.66. The normalized spacial score (nSPS) is 22.8. The molecule has 16 N–H and O–H groups in total. The highest BCUT2D eigenvalue weighted by atomic mass is 16.5. The molecule has 1 aliphatic rings. The van der Waals surface area contributed by atoms with Gasteiger partial charge in [-0.05, 0) is 65.2 Å². The Bertz CT molecular complexity index is 2610. The van der Waals surface area contributed by atoms with Crippen molar-refractivity contribution in [2.75, 3.05) is 6.54 Å². The van der Waals surface area contributed by atoms with Crippen LogP contribution in [0.2, 0.25) is 0 Å². The molecule has 84 heavy (non-hydrogen) atoms. The molecule has 3 rings (SSSR count). The number of benzene rings is 1. The van der Waals surface area contributed by atoms with Crippen molar-refractivity contribution in [1.82, 2.24) is 57.8 Å². The van der Waals surface area contributed by atoms with E-state index >= 15 is 0 Å². The number of aromatic nitrogens is 2. The van der Waals surface area contributed by atoms with Crippen LogP contribution in [-0.4, -0.2) is 163 Å². The van der Waals surface area contributed by atoms with E-state index in [9.17, 15) is 73.2 Å². The van der Waals surface area contributed by atoms with E-state index in [0.29, 0.717) is 18.4 Å². The SMILES string of the molecule is C/C=C1\NC(=O)C(Cc2ccc(O)cc2)NC(=O)[C@@H]([C@H](C)O)NC(=O)[C@@H](NC(=O)/C(=C\C)NC(=O)C[C@H](O)CCCCCCCCCCC)[C@@H](C)OC(=O)[C@H](Cc2c[nH]cn2)NC(=O)[C@H]([C@@H](C)O)NC(=O)CNC(=O)[C@@H](CCC(N)=O)NC1=O. The van der Waals surface area contributed by atoms with Crippen LogP contribution >= 0.6 is 0 Å². The van der Waals surface area contributed by atoms with Gasteiger partial charge in [-0.1, -0.05) is 89.0 Å². The largest absolute Gasteiger partial charge is 0.508 e. The van der Waals surface area contributed by atoms with Crippen molar-refractivity contribution < 1.29 is 77.9 Å². The number of carbonyl (C=O) groups is 11. The first-order chi connectivity index (χ1) is 39.9. The zero-order chi connectivity index (χ0) is 62.5. The fraction of sp³-hybridized carbons (Fsp3) is 0.571. The molecule has 0 radical (unpaired) electrons. The number of unbranched alkanes of at least 4 members (excludes halogenated alkanes) is 8. The van der Waals surface area contributed by atoms with Crippen molar-refractivity contribution in [3.63, 3.8) is 0 Å². The number of nitrogens with two attached hydrogens (primary N) is 1. The van der Waals surface area contributed by atoms with Crippen molar-refractivity contribution in [1.29, 1.82) is 0 Å². The molecule has 10 amide bonds. The van der Waals surface area contributed by atoms with Crippen LogP contribution in [0.4, 0.5) is 0 Å². The van der Waals surface area contributed by atoms with Gasteiger partial charge in [-0.25, -0.2) is 9.78 Å². The Hall–Kier alpha value is -8.24. The third-order valence-electron chi connectivity index (χ3n) is 13.4. The number of ether oxygens (including phenoxy) is 1. The van der Waals surface area contributed by atoms with E-state index in [1.54, 1.807) is 0 Å². The molecule has 28 nitrogen and oxygen atoms in total. The molecule has 2 aromatic rings. The van der Waals surface area contributed by atoms with Gasteiger partial charge in [0.1, 0.15) is 59.5 Å². The van der Waals surface area contributed by atoms with E-state index in [1.807, 2.05) is 0 Å². The number of nitrogens with zero attached hydrogens (tertiary/aromatic N) is 1. The van der Waals surface area contributed by atoms with E-state index in [1.165, 1.54) is 76.0 Å². The zero-order valence-electron chi connectivity index (χ0n) is 48.4. The number of rotatable bonds is 24. The summed E-state index contributed by atoms with van der Waals surface area (Å²) in [5.41, 5.74) is 4.94. The predicted molar refractivity (Wildman–Crippen MR) is 302 cm³/mol. The Balaban J connectivity index is 2.10. The second-order valence-electron chi connectivity index (χ2n) is 20.5. The molecule has 28 heteroatoms. The molecule has 1 aromatic carbocycles. The van der Waals surface area contributed by atoms with Crippen LogP contribution in [0, 0.1) is 0 Å². The molecule has 0 spiro atoms. The van der Waals surface area contributed by atoms with Crippen molar-refractivity contribution in [3.05, 3.63) is 71.6 Å². The van der Waals surface area contributed by atoms with Crippen LogP contribution in [-0.2, 0) is 70.3 Å². The quantitative estimate of drug-likeness (QED) is 0.0327. The Labute approximate surface area is 487 Å². The number of nitrogens with one attached hydrogen (secondary N) is 10. The lowest BCUT2D eigenvalue weighted by molar-refractivity contribution is -0.156. The van der Waals surface area contributed by atoms with Gasteiger partial charge in [0.25, 0.3) is 11.8 Å². The van der Waals surface area contributed by atoms with Crippen molar-refractivity contribution in [3.8, 4) is 5.75 Å². The molecule has 2 heterocycles. The maximum Gasteiger partial charge on any atom is 0.329 e. The highest BCUT2D eigenvalue weighted by Crippen LogP contribution is 2.16.